The molecule has 0 aliphatic rings. The Bertz CT molecular complexity index is 796. The monoisotopic (exact) mass is 336 g/mol. The number of carbonyl (C=O) groups excluding carboxylic acids is 1. The number of rotatable bonds is 6. The molecule has 2 aromatic rings. The SMILES string of the molecule is CCCS(=O)(=O)c1ccccc1C(=O)N(C)Cc1cc(C)on1. The van der Waals surface area contributed by atoms with E-state index >= 15 is 0 Å². The average molecular weight is 336 g/mol. The third-order valence-corrected chi connectivity index (χ3v) is 5.32. The van der Waals surface area contributed by atoms with Gasteiger partial charge in [0.15, 0.2) is 9.84 Å². The Morgan fingerprint density at radius 1 is 1.30 bits per heavy atom. The first kappa shape index (κ1) is 17.2. The van der Waals surface area contributed by atoms with E-state index in [1.54, 1.807) is 39.1 Å². The van der Waals surface area contributed by atoms with E-state index in [0.717, 1.165) is 0 Å². The van der Waals surface area contributed by atoms with Crippen molar-refractivity contribution in [1.82, 2.24) is 10.1 Å². The molecule has 23 heavy (non-hydrogen) atoms. The van der Waals surface area contributed by atoms with Gasteiger partial charge in [0, 0.05) is 13.1 Å². The van der Waals surface area contributed by atoms with Crippen molar-refractivity contribution in [2.75, 3.05) is 12.8 Å². The molecule has 0 bridgehead atoms. The largest absolute Gasteiger partial charge is 0.361 e. The summed E-state index contributed by atoms with van der Waals surface area (Å²) in [4.78, 5) is 14.1. The van der Waals surface area contributed by atoms with Crippen LogP contribution in [-0.4, -0.2) is 37.2 Å². The van der Waals surface area contributed by atoms with Crippen molar-refractivity contribution in [3.8, 4) is 0 Å². The number of benzene rings is 1. The van der Waals surface area contributed by atoms with Gasteiger partial charge in [-0.3, -0.25) is 4.79 Å². The van der Waals surface area contributed by atoms with Crippen molar-refractivity contribution in [1.29, 1.82) is 0 Å². The highest BCUT2D eigenvalue weighted by molar-refractivity contribution is 7.91. The van der Waals surface area contributed by atoms with Gasteiger partial charge in [0.05, 0.1) is 22.8 Å². The molecule has 0 saturated carbocycles. The first-order valence-electron chi connectivity index (χ1n) is 7.34. The molecule has 0 saturated heterocycles. The fraction of sp³-hybridized carbons (Fsp3) is 0.375. The molecule has 6 nitrogen and oxygen atoms in total. The van der Waals surface area contributed by atoms with Gasteiger partial charge >= 0.3 is 0 Å². The number of nitrogens with zero attached hydrogens (tertiary/aromatic N) is 2. The summed E-state index contributed by atoms with van der Waals surface area (Å²) in [5.74, 6) is 0.316. The molecule has 1 heterocycles. The van der Waals surface area contributed by atoms with Gasteiger partial charge in [-0.2, -0.15) is 0 Å². The maximum Gasteiger partial charge on any atom is 0.255 e. The number of aryl methyl sites for hydroxylation is 1. The van der Waals surface area contributed by atoms with Crippen LogP contribution >= 0.6 is 0 Å². The van der Waals surface area contributed by atoms with Crippen LogP contribution in [0.3, 0.4) is 0 Å². The van der Waals surface area contributed by atoms with Crippen molar-refractivity contribution in [3.63, 3.8) is 0 Å². The molecule has 1 aromatic carbocycles. The molecule has 0 atom stereocenters. The van der Waals surface area contributed by atoms with Gasteiger partial charge in [0.25, 0.3) is 5.91 Å². The average Bonchev–Trinajstić information content (AvgIpc) is 2.91. The lowest BCUT2D eigenvalue weighted by Crippen LogP contribution is -2.28. The Morgan fingerprint density at radius 2 is 2.00 bits per heavy atom. The van der Waals surface area contributed by atoms with E-state index in [2.05, 4.69) is 5.16 Å². The topological polar surface area (TPSA) is 80.5 Å². The van der Waals surface area contributed by atoms with Crippen LogP contribution < -0.4 is 0 Å². The van der Waals surface area contributed by atoms with E-state index < -0.39 is 9.84 Å². The van der Waals surface area contributed by atoms with E-state index in [1.165, 1.54) is 17.0 Å². The standard InChI is InChI=1S/C16H20N2O4S/c1-4-9-23(20,21)15-8-6-5-7-14(15)16(19)18(3)11-13-10-12(2)22-17-13/h5-8,10H,4,9,11H2,1-3H3. The molecule has 124 valence electrons. The van der Waals surface area contributed by atoms with Crippen LogP contribution in [0.5, 0.6) is 0 Å². The maximum absolute atomic E-state index is 12.6. The van der Waals surface area contributed by atoms with E-state index in [4.69, 9.17) is 4.52 Å². The van der Waals surface area contributed by atoms with Crippen LogP contribution in [0.4, 0.5) is 0 Å². The molecule has 0 aliphatic heterocycles. The van der Waals surface area contributed by atoms with Crippen LogP contribution in [-0.2, 0) is 16.4 Å². The van der Waals surface area contributed by atoms with Crippen molar-refractivity contribution in [3.05, 3.63) is 47.3 Å². The minimum atomic E-state index is -3.47. The normalized spacial score (nSPS) is 11.4. The molecule has 0 radical (unpaired) electrons. The highest BCUT2D eigenvalue weighted by Crippen LogP contribution is 2.20. The number of sulfone groups is 1. The van der Waals surface area contributed by atoms with E-state index in [1.807, 2.05) is 0 Å². The predicted octanol–water partition coefficient (Wildman–Crippen LogP) is 2.44. The maximum atomic E-state index is 12.6. The van der Waals surface area contributed by atoms with Crippen molar-refractivity contribution in [2.45, 2.75) is 31.7 Å². The van der Waals surface area contributed by atoms with Gasteiger partial charge in [-0.25, -0.2) is 8.42 Å². The summed E-state index contributed by atoms with van der Waals surface area (Å²) < 4.78 is 29.7. The van der Waals surface area contributed by atoms with E-state index in [-0.39, 0.29) is 28.7 Å². The number of aromatic nitrogens is 1. The highest BCUT2D eigenvalue weighted by atomic mass is 32.2. The molecule has 7 heteroatoms. The van der Waals surface area contributed by atoms with Crippen molar-refractivity contribution < 1.29 is 17.7 Å². The van der Waals surface area contributed by atoms with Crippen LogP contribution in [0.25, 0.3) is 0 Å². The minimum Gasteiger partial charge on any atom is -0.361 e. The van der Waals surface area contributed by atoms with Crippen LogP contribution in [0.2, 0.25) is 0 Å². The summed E-state index contributed by atoms with van der Waals surface area (Å²) in [6, 6.07) is 8.04. The molecule has 2 rings (SSSR count). The first-order valence-corrected chi connectivity index (χ1v) is 9.00. The quantitative estimate of drug-likeness (QED) is 0.809. The third kappa shape index (κ3) is 3.98. The first-order chi connectivity index (χ1) is 10.8. The number of carbonyl (C=O) groups is 1. The summed E-state index contributed by atoms with van der Waals surface area (Å²) in [5, 5.41) is 3.85. The second kappa shape index (κ2) is 6.95. The van der Waals surface area contributed by atoms with E-state index in [9.17, 15) is 13.2 Å². The third-order valence-electron chi connectivity index (χ3n) is 3.35. The molecule has 0 spiro atoms. The zero-order chi connectivity index (χ0) is 17.0. The molecule has 0 N–H and O–H groups in total. The Hall–Kier alpha value is -2.15. The second-order valence-corrected chi connectivity index (χ2v) is 7.48. The summed E-state index contributed by atoms with van der Waals surface area (Å²) in [6.07, 6.45) is 0.499. The lowest BCUT2D eigenvalue weighted by Gasteiger charge is -2.17. The summed E-state index contributed by atoms with van der Waals surface area (Å²) in [5.41, 5.74) is 0.802. The van der Waals surface area contributed by atoms with Gasteiger partial charge in [-0.05, 0) is 25.5 Å². The lowest BCUT2D eigenvalue weighted by molar-refractivity contribution is 0.0778. The molecule has 0 aliphatic carbocycles. The van der Waals surface area contributed by atoms with Gasteiger partial charge in [-0.1, -0.05) is 24.2 Å². The molecule has 0 unspecified atom stereocenters. The summed E-state index contributed by atoms with van der Waals surface area (Å²) >= 11 is 0. The van der Waals surface area contributed by atoms with Crippen LogP contribution in [0.15, 0.2) is 39.8 Å². The predicted molar refractivity (Wildman–Crippen MR) is 85.8 cm³/mol. The van der Waals surface area contributed by atoms with Gasteiger partial charge in [0.1, 0.15) is 11.5 Å². The summed E-state index contributed by atoms with van der Waals surface area (Å²) in [7, 11) is -1.86. The Labute approximate surface area is 136 Å². The molecule has 1 aromatic heterocycles. The number of hydrogen-bond acceptors (Lipinski definition) is 5. The second-order valence-electron chi connectivity index (χ2n) is 5.41. The summed E-state index contributed by atoms with van der Waals surface area (Å²) in [6.45, 7) is 3.81. The molecule has 1 amide bonds. The minimum absolute atomic E-state index is 0.0173. The zero-order valence-corrected chi connectivity index (χ0v) is 14.3. The zero-order valence-electron chi connectivity index (χ0n) is 13.4. The highest BCUT2D eigenvalue weighted by Gasteiger charge is 2.23. The van der Waals surface area contributed by atoms with Gasteiger partial charge < -0.3 is 9.42 Å². The Kier molecular flexibility index (Phi) is 5.20. The molecule has 0 fully saturated rings. The number of amides is 1. The van der Waals surface area contributed by atoms with E-state index in [0.29, 0.717) is 17.9 Å². The van der Waals surface area contributed by atoms with Crippen molar-refractivity contribution in [2.24, 2.45) is 0 Å². The van der Waals surface area contributed by atoms with Gasteiger partial charge in [-0.15, -0.1) is 0 Å². The molecular formula is C16H20N2O4S. The lowest BCUT2D eigenvalue weighted by atomic mass is 10.2. The van der Waals surface area contributed by atoms with Crippen LogP contribution in [0, 0.1) is 6.92 Å². The smallest absolute Gasteiger partial charge is 0.255 e. The fourth-order valence-corrected chi connectivity index (χ4v) is 3.84. The Morgan fingerprint density at radius 3 is 2.61 bits per heavy atom. The molecular weight excluding hydrogens is 316 g/mol. The number of hydrogen-bond donors (Lipinski definition) is 0. The van der Waals surface area contributed by atoms with Crippen LogP contribution in [0.1, 0.15) is 35.2 Å². The fourth-order valence-electron chi connectivity index (χ4n) is 2.31. The Balaban J connectivity index is 2.29. The van der Waals surface area contributed by atoms with Gasteiger partial charge in [0.2, 0.25) is 0 Å². The van der Waals surface area contributed by atoms with Crippen molar-refractivity contribution >= 4 is 15.7 Å².